The second kappa shape index (κ2) is 8.93. The van der Waals surface area contributed by atoms with Gasteiger partial charge in [-0.05, 0) is 19.9 Å². The quantitative estimate of drug-likeness (QED) is 0.472. The Kier molecular flexibility index (Phi) is 7.04. The summed E-state index contributed by atoms with van der Waals surface area (Å²) in [4.78, 5) is 36.7. The smallest absolute Gasteiger partial charge is 0.342 e. The summed E-state index contributed by atoms with van der Waals surface area (Å²) in [7, 11) is 0.950. The molecular formula is C19H22F2O8. The zero-order chi connectivity index (χ0) is 21.9. The van der Waals surface area contributed by atoms with Crippen molar-refractivity contribution >= 4 is 17.5 Å². The van der Waals surface area contributed by atoms with Crippen molar-refractivity contribution in [1.29, 1.82) is 0 Å². The molecule has 1 aliphatic carbocycles. The van der Waals surface area contributed by atoms with E-state index in [9.17, 15) is 33.4 Å². The van der Waals surface area contributed by atoms with E-state index >= 15 is 0 Å². The van der Waals surface area contributed by atoms with Gasteiger partial charge in [0.1, 0.15) is 23.9 Å². The minimum Gasteiger partial charge on any atom is -0.494 e. The molecule has 1 aliphatic heterocycles. The highest BCUT2D eigenvalue weighted by molar-refractivity contribution is 6.23. The van der Waals surface area contributed by atoms with Crippen LogP contribution in [0.15, 0.2) is 35.1 Å². The highest BCUT2D eigenvalue weighted by Crippen LogP contribution is 2.41. The first kappa shape index (κ1) is 22.9. The van der Waals surface area contributed by atoms with Crippen LogP contribution < -0.4 is 0 Å². The molecule has 29 heavy (non-hydrogen) atoms. The number of cyclic esters (lactones) is 1. The van der Waals surface area contributed by atoms with E-state index in [4.69, 9.17) is 9.47 Å². The van der Waals surface area contributed by atoms with Crippen molar-refractivity contribution in [2.75, 3.05) is 13.7 Å². The molecule has 0 radical (unpaired) electrons. The van der Waals surface area contributed by atoms with E-state index in [0.29, 0.717) is 6.08 Å². The number of hydrogen-bond donors (Lipinski definition) is 2. The van der Waals surface area contributed by atoms with Gasteiger partial charge >= 0.3 is 11.9 Å². The molecule has 1 heterocycles. The van der Waals surface area contributed by atoms with Crippen molar-refractivity contribution in [1.82, 2.24) is 0 Å². The van der Waals surface area contributed by atoms with Gasteiger partial charge in [-0.25, -0.2) is 4.79 Å². The molecule has 0 saturated heterocycles. The first-order chi connectivity index (χ1) is 13.5. The highest BCUT2D eigenvalue weighted by atomic mass is 19.3. The first-order valence-electron chi connectivity index (χ1n) is 8.82. The summed E-state index contributed by atoms with van der Waals surface area (Å²) in [6, 6.07) is 0. The van der Waals surface area contributed by atoms with E-state index in [-0.39, 0.29) is 6.42 Å². The largest absolute Gasteiger partial charge is 0.494 e. The van der Waals surface area contributed by atoms with Gasteiger partial charge in [-0.1, -0.05) is 6.08 Å². The van der Waals surface area contributed by atoms with Crippen LogP contribution >= 0.6 is 0 Å². The number of alkyl halides is 2. The van der Waals surface area contributed by atoms with Crippen molar-refractivity contribution in [2.45, 2.75) is 50.6 Å². The highest BCUT2D eigenvalue weighted by Gasteiger charge is 2.51. The van der Waals surface area contributed by atoms with Crippen LogP contribution in [0.1, 0.15) is 20.3 Å². The molecule has 0 bridgehead atoms. The van der Waals surface area contributed by atoms with Crippen molar-refractivity contribution in [3.05, 3.63) is 35.1 Å². The van der Waals surface area contributed by atoms with E-state index in [1.807, 2.05) is 0 Å². The molecule has 8 nitrogen and oxygen atoms in total. The Morgan fingerprint density at radius 3 is 2.48 bits per heavy atom. The number of carbonyl (C=O) groups is 3. The average molecular weight is 416 g/mol. The van der Waals surface area contributed by atoms with Gasteiger partial charge in [0.2, 0.25) is 0 Å². The Labute approximate surface area is 165 Å². The summed E-state index contributed by atoms with van der Waals surface area (Å²) >= 11 is 0. The van der Waals surface area contributed by atoms with Gasteiger partial charge < -0.3 is 24.4 Å². The standard InChI is InChI=1S/C19H22F2O8/c1-9-5-4-6-11(22)17(25)13(24)8-28-10(2)16-15(18(26)29-9)12(23)7-14(27-3)19(16,20)21/h4,6-7,9-10,13,17,24-25H,5,8H2,1-3H3/b6-4+/t9-,10-,13-,17+/m0/s1. The summed E-state index contributed by atoms with van der Waals surface area (Å²) in [5.74, 6) is -7.97. The van der Waals surface area contributed by atoms with Gasteiger partial charge in [0.15, 0.2) is 17.3 Å². The first-order valence-corrected chi connectivity index (χ1v) is 8.82. The maximum atomic E-state index is 14.9. The summed E-state index contributed by atoms with van der Waals surface area (Å²) in [5, 5.41) is 19.8. The summed E-state index contributed by atoms with van der Waals surface area (Å²) < 4.78 is 44.7. The van der Waals surface area contributed by atoms with Crippen molar-refractivity contribution in [2.24, 2.45) is 0 Å². The number of ether oxygens (including phenoxy) is 3. The third-order valence-electron chi connectivity index (χ3n) is 4.49. The van der Waals surface area contributed by atoms with E-state index in [1.54, 1.807) is 0 Å². The maximum Gasteiger partial charge on any atom is 0.342 e. The maximum absolute atomic E-state index is 14.9. The molecule has 0 aromatic carbocycles. The molecule has 10 heteroatoms. The third kappa shape index (κ3) is 4.77. The molecule has 0 unspecified atom stereocenters. The molecule has 0 amide bonds. The number of allylic oxidation sites excluding steroid dienone is 2. The normalized spacial score (nSPS) is 32.7. The minimum atomic E-state index is -3.87. The predicted octanol–water partition coefficient (Wildman–Crippen LogP) is 0.619. The fraction of sp³-hybridized carbons (Fsp3) is 0.526. The molecule has 4 atom stereocenters. The summed E-state index contributed by atoms with van der Waals surface area (Å²) in [6.45, 7) is 1.87. The van der Waals surface area contributed by atoms with Crippen LogP contribution in [-0.4, -0.2) is 71.8 Å². The number of methoxy groups -OCH3 is 1. The number of rotatable bonds is 1. The monoisotopic (exact) mass is 416 g/mol. The molecule has 0 saturated carbocycles. The van der Waals surface area contributed by atoms with Crippen molar-refractivity contribution in [3.63, 3.8) is 0 Å². The fourth-order valence-electron chi connectivity index (χ4n) is 2.93. The lowest BCUT2D eigenvalue weighted by molar-refractivity contribution is -0.145. The zero-order valence-electron chi connectivity index (χ0n) is 16.1. The number of carbonyl (C=O) groups excluding carboxylic acids is 3. The second-order valence-corrected chi connectivity index (χ2v) is 6.68. The lowest BCUT2D eigenvalue weighted by Gasteiger charge is -2.31. The van der Waals surface area contributed by atoms with E-state index in [1.165, 1.54) is 13.0 Å². The average Bonchev–Trinajstić information content (AvgIpc) is 2.65. The van der Waals surface area contributed by atoms with Gasteiger partial charge in [0, 0.05) is 12.5 Å². The van der Waals surface area contributed by atoms with Gasteiger partial charge in [0.25, 0.3) is 0 Å². The van der Waals surface area contributed by atoms with Crippen molar-refractivity contribution < 1.29 is 47.6 Å². The molecule has 0 fully saturated rings. The van der Waals surface area contributed by atoms with Crippen LogP contribution in [0.4, 0.5) is 8.78 Å². The molecular weight excluding hydrogens is 394 g/mol. The molecule has 160 valence electrons. The van der Waals surface area contributed by atoms with Crippen LogP contribution in [-0.2, 0) is 28.6 Å². The number of aliphatic hydroxyl groups excluding tert-OH is 2. The van der Waals surface area contributed by atoms with Crippen LogP contribution in [0.5, 0.6) is 0 Å². The Hall–Kier alpha value is -2.43. The molecule has 2 aliphatic rings. The topological polar surface area (TPSA) is 119 Å². The van der Waals surface area contributed by atoms with E-state index in [2.05, 4.69) is 4.74 Å². The van der Waals surface area contributed by atoms with Crippen LogP contribution in [0, 0.1) is 0 Å². The minimum absolute atomic E-state index is 0.0126. The second-order valence-electron chi connectivity index (χ2n) is 6.68. The molecule has 0 aromatic rings. The lowest BCUT2D eigenvalue weighted by atomic mass is 9.88. The SMILES string of the molecule is COC1=CC(=O)C2=C([C@H](C)OC[C@H](O)[C@H](O)C(=O)/C=C/C[C@H](C)OC2=O)C1(F)F. The fourth-order valence-corrected chi connectivity index (χ4v) is 2.93. The molecule has 0 spiro atoms. The number of esters is 1. The Balaban J connectivity index is 2.53. The van der Waals surface area contributed by atoms with Crippen molar-refractivity contribution in [3.8, 4) is 0 Å². The zero-order valence-corrected chi connectivity index (χ0v) is 16.1. The van der Waals surface area contributed by atoms with E-state index in [0.717, 1.165) is 20.1 Å². The Morgan fingerprint density at radius 2 is 1.86 bits per heavy atom. The lowest BCUT2D eigenvalue weighted by Crippen LogP contribution is -2.42. The van der Waals surface area contributed by atoms with Gasteiger partial charge in [-0.2, -0.15) is 8.78 Å². The summed E-state index contributed by atoms with van der Waals surface area (Å²) in [5.41, 5.74) is -1.87. The summed E-state index contributed by atoms with van der Waals surface area (Å²) in [6.07, 6.45) is -3.15. The Morgan fingerprint density at radius 1 is 1.21 bits per heavy atom. The molecule has 0 aromatic heterocycles. The van der Waals surface area contributed by atoms with Crippen LogP contribution in [0.25, 0.3) is 0 Å². The number of hydrogen-bond acceptors (Lipinski definition) is 8. The van der Waals surface area contributed by atoms with Gasteiger partial charge in [-0.15, -0.1) is 0 Å². The van der Waals surface area contributed by atoms with Crippen LogP contribution in [0.3, 0.4) is 0 Å². The number of halogens is 2. The Bertz CT molecular complexity index is 783. The van der Waals surface area contributed by atoms with Crippen LogP contribution in [0.2, 0.25) is 0 Å². The van der Waals surface area contributed by atoms with E-state index < -0.39 is 71.4 Å². The molecule has 2 N–H and O–H groups in total. The predicted molar refractivity (Wildman–Crippen MR) is 93.8 cm³/mol. The number of aliphatic hydroxyl groups is 2. The van der Waals surface area contributed by atoms with Gasteiger partial charge in [-0.3, -0.25) is 9.59 Å². The third-order valence-corrected chi connectivity index (χ3v) is 4.49. The van der Waals surface area contributed by atoms with Gasteiger partial charge in [0.05, 0.1) is 25.4 Å². The number of ketones is 2. The molecule has 2 rings (SSSR count).